The summed E-state index contributed by atoms with van der Waals surface area (Å²) in [5, 5.41) is 12.8. The molecule has 3 aliphatic heterocycles. The Labute approximate surface area is 243 Å². The fraction of sp³-hybridized carbons (Fsp3) is 0.485. The van der Waals surface area contributed by atoms with E-state index in [9.17, 15) is 9.65 Å². The highest BCUT2D eigenvalue weighted by molar-refractivity contribution is 5.66. The van der Waals surface area contributed by atoms with Gasteiger partial charge in [0, 0.05) is 37.8 Å². The first-order chi connectivity index (χ1) is 20.0. The van der Waals surface area contributed by atoms with E-state index in [2.05, 4.69) is 52.3 Å². The number of fused-ring (bicyclic) bond motifs is 2. The van der Waals surface area contributed by atoms with E-state index >= 15 is 0 Å². The van der Waals surface area contributed by atoms with Gasteiger partial charge in [0.25, 0.3) is 0 Å². The first-order valence-electron chi connectivity index (χ1n) is 14.9. The molecule has 6 rings (SSSR count). The minimum atomic E-state index is -0.373. The minimum absolute atomic E-state index is 0.0242. The fourth-order valence-corrected chi connectivity index (χ4v) is 6.81. The summed E-state index contributed by atoms with van der Waals surface area (Å²) in [6, 6.07) is 15.0. The molecule has 2 aromatic heterocycles. The summed E-state index contributed by atoms with van der Waals surface area (Å²) < 4.78 is 19.5. The quantitative estimate of drug-likeness (QED) is 0.442. The molecule has 3 aliphatic rings. The maximum atomic E-state index is 13.8. The van der Waals surface area contributed by atoms with Crippen molar-refractivity contribution in [1.82, 2.24) is 20.2 Å². The van der Waals surface area contributed by atoms with Crippen LogP contribution in [0, 0.1) is 23.1 Å². The minimum Gasteiger partial charge on any atom is -0.477 e. The molecule has 3 aromatic rings. The van der Waals surface area contributed by atoms with E-state index in [1.165, 1.54) is 43.6 Å². The maximum Gasteiger partial charge on any atom is 0.222 e. The van der Waals surface area contributed by atoms with E-state index in [1.807, 2.05) is 19.1 Å². The molecule has 2 fully saturated rings. The monoisotopic (exact) mass is 556 g/mol. The molecule has 41 heavy (non-hydrogen) atoms. The summed E-state index contributed by atoms with van der Waals surface area (Å²) >= 11 is 0. The van der Waals surface area contributed by atoms with Gasteiger partial charge in [-0.25, -0.2) is 9.37 Å². The molecule has 2 unspecified atom stereocenters. The van der Waals surface area contributed by atoms with E-state index in [0.29, 0.717) is 24.0 Å². The second-order valence-corrected chi connectivity index (χ2v) is 11.3. The van der Waals surface area contributed by atoms with Crippen molar-refractivity contribution in [3.63, 3.8) is 0 Å². The van der Waals surface area contributed by atoms with Gasteiger partial charge in [0.05, 0.1) is 34.8 Å². The summed E-state index contributed by atoms with van der Waals surface area (Å²) in [5.41, 5.74) is 5.43. The molecule has 0 bridgehead atoms. The molecule has 2 atom stereocenters. The predicted molar refractivity (Wildman–Crippen MR) is 160 cm³/mol. The topological polar surface area (TPSA) is 77.3 Å². The summed E-state index contributed by atoms with van der Waals surface area (Å²) in [6.07, 6.45) is 6.48. The fourth-order valence-electron chi connectivity index (χ4n) is 6.81. The van der Waals surface area contributed by atoms with Crippen molar-refractivity contribution >= 4 is 5.69 Å². The molecule has 0 saturated carbocycles. The third kappa shape index (κ3) is 6.07. The number of ether oxygens (including phenoxy) is 1. The predicted octanol–water partition coefficient (Wildman–Crippen LogP) is 5.54. The Morgan fingerprint density at radius 3 is 2.71 bits per heavy atom. The lowest BCUT2D eigenvalue weighted by Gasteiger charge is -2.53. The number of pyridine rings is 2. The van der Waals surface area contributed by atoms with Gasteiger partial charge in [-0.15, -0.1) is 0 Å². The highest BCUT2D eigenvalue weighted by Gasteiger charge is 2.48. The molecule has 1 N–H and O–H groups in total. The molecule has 1 aromatic carbocycles. The Balaban J connectivity index is 0.000000610. The number of aromatic nitrogens is 2. The van der Waals surface area contributed by atoms with Crippen molar-refractivity contribution < 1.29 is 9.13 Å². The highest BCUT2D eigenvalue weighted by atomic mass is 19.1. The Morgan fingerprint density at radius 1 is 1.17 bits per heavy atom. The Bertz CT molecular complexity index is 1380. The van der Waals surface area contributed by atoms with Crippen LogP contribution < -0.4 is 15.0 Å². The van der Waals surface area contributed by atoms with Crippen LogP contribution >= 0.6 is 0 Å². The number of nitrogens with zero attached hydrogens (tertiary/aromatic N) is 5. The van der Waals surface area contributed by atoms with Gasteiger partial charge in [0.15, 0.2) is 0 Å². The number of rotatable bonds is 5. The third-order valence-electron chi connectivity index (χ3n) is 8.73. The van der Waals surface area contributed by atoms with Gasteiger partial charge in [-0.3, -0.25) is 9.88 Å². The lowest BCUT2D eigenvalue weighted by molar-refractivity contribution is 0.121. The highest BCUT2D eigenvalue weighted by Crippen LogP contribution is 2.47. The van der Waals surface area contributed by atoms with Crippen molar-refractivity contribution in [2.24, 2.45) is 5.92 Å². The van der Waals surface area contributed by atoms with Crippen LogP contribution in [0.25, 0.3) is 11.3 Å². The molecule has 2 saturated heterocycles. The summed E-state index contributed by atoms with van der Waals surface area (Å²) in [4.78, 5) is 14.2. The van der Waals surface area contributed by atoms with Crippen molar-refractivity contribution in [3.8, 4) is 23.2 Å². The normalized spacial score (nSPS) is 22.0. The molecule has 1 spiro atoms. The second kappa shape index (κ2) is 13.0. The molecule has 7 nitrogen and oxygen atoms in total. The summed E-state index contributed by atoms with van der Waals surface area (Å²) in [5.74, 6) is 0.606. The van der Waals surface area contributed by atoms with Crippen LogP contribution in [0.15, 0.2) is 48.7 Å². The van der Waals surface area contributed by atoms with Crippen molar-refractivity contribution in [3.05, 3.63) is 71.3 Å². The van der Waals surface area contributed by atoms with E-state index in [4.69, 9.17) is 9.72 Å². The van der Waals surface area contributed by atoms with Gasteiger partial charge in [-0.05, 0) is 94.2 Å². The molecule has 216 valence electrons. The third-order valence-corrected chi connectivity index (χ3v) is 8.73. The molecule has 8 heteroatoms. The first-order valence-corrected chi connectivity index (χ1v) is 14.9. The lowest BCUT2D eigenvalue weighted by atomic mass is 9.62. The number of nitriles is 1. The average Bonchev–Trinajstić information content (AvgIpc) is 3.58. The van der Waals surface area contributed by atoms with Gasteiger partial charge in [-0.1, -0.05) is 19.4 Å². The zero-order chi connectivity index (χ0) is 28.8. The zero-order valence-corrected chi connectivity index (χ0v) is 24.5. The van der Waals surface area contributed by atoms with Crippen LogP contribution in [0.5, 0.6) is 5.88 Å². The second-order valence-electron chi connectivity index (χ2n) is 11.3. The van der Waals surface area contributed by atoms with Crippen molar-refractivity contribution in [2.45, 2.75) is 51.5 Å². The number of hydrogen-bond donors (Lipinski definition) is 1. The van der Waals surface area contributed by atoms with Gasteiger partial charge in [0.2, 0.25) is 5.88 Å². The molecular weight excluding hydrogens is 515 g/mol. The van der Waals surface area contributed by atoms with Crippen LogP contribution in [0.3, 0.4) is 0 Å². The van der Waals surface area contributed by atoms with Crippen LogP contribution in [0.1, 0.15) is 56.4 Å². The number of nitrogens with one attached hydrogen (secondary N) is 1. The first kappa shape index (κ1) is 29.0. The van der Waals surface area contributed by atoms with Gasteiger partial charge < -0.3 is 15.0 Å². The molecule has 0 aliphatic carbocycles. The smallest absolute Gasteiger partial charge is 0.222 e. The van der Waals surface area contributed by atoms with E-state index in [-0.39, 0.29) is 11.2 Å². The van der Waals surface area contributed by atoms with Crippen LogP contribution in [-0.4, -0.2) is 61.2 Å². The van der Waals surface area contributed by atoms with Crippen LogP contribution in [-0.2, 0) is 12.0 Å². The number of halogens is 1. The van der Waals surface area contributed by atoms with Crippen LogP contribution in [0.2, 0.25) is 0 Å². The standard InChI is InChI=1S/C29H32FN5O.C4H9N/c1-4-21-17-35(27-11-8-22(30)15-20(27)16-31)14-12-29(21)19-34(3)18-26-24(29)9-10-25(33-26)23-7-6-13-32-28(23)36-5-2;1-2-4-5-3-1/h6-11,13,15,21H,4-5,12,14,17-19H2,1-3H3;5H,1-4H2. The number of piperidine rings is 1. The van der Waals surface area contributed by atoms with Crippen LogP contribution in [0.4, 0.5) is 10.1 Å². The van der Waals surface area contributed by atoms with Gasteiger partial charge in [0.1, 0.15) is 11.9 Å². The Morgan fingerprint density at radius 2 is 2.00 bits per heavy atom. The number of benzene rings is 1. The SMILES string of the molecule is C1CCNC1.CCOc1ncccc1-c1ccc2c(n1)CN(C)CC21CCN(c2ccc(F)cc2C#N)CC1CC. The van der Waals surface area contributed by atoms with Gasteiger partial charge in [-0.2, -0.15) is 5.26 Å². The number of anilines is 1. The van der Waals surface area contributed by atoms with E-state index in [1.54, 1.807) is 12.3 Å². The largest absolute Gasteiger partial charge is 0.477 e. The van der Waals surface area contributed by atoms with E-state index in [0.717, 1.165) is 61.7 Å². The lowest BCUT2D eigenvalue weighted by Crippen LogP contribution is -2.57. The summed E-state index contributed by atoms with van der Waals surface area (Å²) in [6.45, 7) is 10.7. The molecule has 0 radical (unpaired) electrons. The van der Waals surface area contributed by atoms with E-state index < -0.39 is 0 Å². The molecular formula is C33H41FN6O. The molecule has 0 amide bonds. The number of likely N-dealkylation sites (N-methyl/N-ethyl adjacent to an activating group) is 1. The maximum absolute atomic E-state index is 13.8. The Kier molecular flexibility index (Phi) is 9.16. The number of hydrogen-bond acceptors (Lipinski definition) is 7. The average molecular weight is 557 g/mol. The molecule has 5 heterocycles. The van der Waals surface area contributed by atoms with Gasteiger partial charge >= 0.3 is 0 Å². The van der Waals surface area contributed by atoms with Crippen molar-refractivity contribution in [2.75, 3.05) is 51.3 Å². The van der Waals surface area contributed by atoms with Crippen molar-refractivity contribution in [1.29, 1.82) is 5.26 Å². The summed E-state index contributed by atoms with van der Waals surface area (Å²) in [7, 11) is 2.17. The Hall–Kier alpha value is -3.54. The zero-order valence-electron chi connectivity index (χ0n) is 24.5.